The van der Waals surface area contributed by atoms with E-state index in [2.05, 4.69) is 0 Å². The third kappa shape index (κ3) is 4.34. The van der Waals surface area contributed by atoms with Gasteiger partial charge < -0.3 is 4.90 Å². The van der Waals surface area contributed by atoms with E-state index >= 15 is 0 Å². The zero-order chi connectivity index (χ0) is 20.4. The molecule has 0 aromatic heterocycles. The lowest BCUT2D eigenvalue weighted by atomic mass is 9.97. The maximum atomic E-state index is 12.9. The molecular formula is C24H20F3NO. The van der Waals surface area contributed by atoms with E-state index < -0.39 is 11.7 Å². The Balaban J connectivity index is 1.44. The molecule has 0 saturated heterocycles. The van der Waals surface area contributed by atoms with Crippen LogP contribution >= 0.6 is 0 Å². The van der Waals surface area contributed by atoms with Crippen molar-refractivity contribution < 1.29 is 18.0 Å². The number of hydrogen-bond acceptors (Lipinski definition) is 1. The molecule has 0 fully saturated rings. The summed E-state index contributed by atoms with van der Waals surface area (Å²) in [5.74, 6) is 0.0274. The first-order chi connectivity index (χ1) is 13.9. The molecule has 0 N–H and O–H groups in total. The maximum absolute atomic E-state index is 12.9. The van der Waals surface area contributed by atoms with Crippen LogP contribution in [0.1, 0.15) is 23.1 Å². The fraction of sp³-hybridized carbons (Fsp3) is 0.208. The number of benzene rings is 3. The molecule has 0 bridgehead atoms. The summed E-state index contributed by atoms with van der Waals surface area (Å²) in [7, 11) is 0. The minimum atomic E-state index is -4.35. The number of nitrogens with zero attached hydrogens (tertiary/aromatic N) is 1. The molecule has 4 rings (SSSR count). The molecule has 1 aliphatic heterocycles. The zero-order valence-corrected chi connectivity index (χ0v) is 15.7. The number of carbonyl (C=O) groups excluding carboxylic acids is 1. The Morgan fingerprint density at radius 3 is 2.45 bits per heavy atom. The van der Waals surface area contributed by atoms with Crippen LogP contribution in [0.2, 0.25) is 0 Å². The Hall–Kier alpha value is -3.08. The van der Waals surface area contributed by atoms with Gasteiger partial charge in [-0.1, -0.05) is 60.7 Å². The average Bonchev–Trinajstić information content (AvgIpc) is 2.73. The first-order valence-electron chi connectivity index (χ1n) is 9.52. The monoisotopic (exact) mass is 395 g/mol. The lowest BCUT2D eigenvalue weighted by Crippen LogP contribution is -2.35. The van der Waals surface area contributed by atoms with Crippen LogP contribution in [0.25, 0.3) is 16.3 Å². The molecule has 2 nitrogen and oxygen atoms in total. The van der Waals surface area contributed by atoms with Crippen molar-refractivity contribution in [1.29, 1.82) is 0 Å². The van der Waals surface area contributed by atoms with E-state index in [9.17, 15) is 18.0 Å². The Morgan fingerprint density at radius 1 is 0.931 bits per heavy atom. The number of hydrogen-bond donors (Lipinski definition) is 0. The maximum Gasteiger partial charge on any atom is 0.416 e. The van der Waals surface area contributed by atoms with Gasteiger partial charge in [0.2, 0.25) is 5.91 Å². The summed E-state index contributed by atoms with van der Waals surface area (Å²) in [4.78, 5) is 14.4. The van der Waals surface area contributed by atoms with Gasteiger partial charge in [0, 0.05) is 13.1 Å². The van der Waals surface area contributed by atoms with Crippen LogP contribution in [0.3, 0.4) is 0 Å². The van der Waals surface area contributed by atoms with E-state index in [4.69, 9.17) is 0 Å². The van der Waals surface area contributed by atoms with Crippen molar-refractivity contribution in [1.82, 2.24) is 4.90 Å². The fourth-order valence-corrected chi connectivity index (χ4v) is 3.69. The SMILES string of the molecule is O=C(Cc1ccc2ccccc2c1)N1CC=C(c2cccc(C(F)(F)F)c2)CC1. The van der Waals surface area contributed by atoms with Crippen LogP contribution in [-0.2, 0) is 17.4 Å². The van der Waals surface area contributed by atoms with E-state index in [0.29, 0.717) is 31.5 Å². The Morgan fingerprint density at radius 2 is 1.72 bits per heavy atom. The van der Waals surface area contributed by atoms with Gasteiger partial charge in [-0.2, -0.15) is 13.2 Å². The minimum Gasteiger partial charge on any atom is -0.338 e. The van der Waals surface area contributed by atoms with E-state index in [0.717, 1.165) is 28.0 Å². The summed E-state index contributed by atoms with van der Waals surface area (Å²) in [6.45, 7) is 0.923. The van der Waals surface area contributed by atoms with Crippen molar-refractivity contribution in [2.45, 2.75) is 19.0 Å². The van der Waals surface area contributed by atoms with E-state index in [1.54, 1.807) is 11.0 Å². The van der Waals surface area contributed by atoms with Crippen molar-refractivity contribution in [3.63, 3.8) is 0 Å². The number of alkyl halides is 3. The molecule has 1 heterocycles. The summed E-state index contributed by atoms with van der Waals surface area (Å²) < 4.78 is 38.8. The summed E-state index contributed by atoms with van der Waals surface area (Å²) in [5, 5.41) is 2.23. The number of halogens is 3. The van der Waals surface area contributed by atoms with Gasteiger partial charge in [-0.05, 0) is 46.0 Å². The van der Waals surface area contributed by atoms with Crippen LogP contribution in [0, 0.1) is 0 Å². The molecule has 0 saturated carbocycles. The molecular weight excluding hydrogens is 375 g/mol. The number of carbonyl (C=O) groups is 1. The van der Waals surface area contributed by atoms with Crippen LogP contribution < -0.4 is 0 Å². The standard InChI is InChI=1S/C24H20F3NO/c25-24(26,27)22-7-3-6-21(16-22)19-10-12-28(13-11-19)23(29)15-17-8-9-18-4-1-2-5-20(18)14-17/h1-10,14,16H,11-13,15H2. The molecule has 29 heavy (non-hydrogen) atoms. The first kappa shape index (κ1) is 19.2. The quantitative estimate of drug-likeness (QED) is 0.556. The van der Waals surface area contributed by atoms with Gasteiger partial charge in [0.15, 0.2) is 0 Å². The molecule has 0 atom stereocenters. The highest BCUT2D eigenvalue weighted by atomic mass is 19.4. The van der Waals surface area contributed by atoms with Gasteiger partial charge in [0.1, 0.15) is 0 Å². The van der Waals surface area contributed by atoms with Gasteiger partial charge in [-0.3, -0.25) is 4.79 Å². The molecule has 1 aliphatic rings. The molecule has 148 valence electrons. The van der Waals surface area contributed by atoms with Crippen molar-refractivity contribution in [3.05, 3.63) is 89.5 Å². The topological polar surface area (TPSA) is 20.3 Å². The second kappa shape index (κ2) is 7.74. The highest BCUT2D eigenvalue weighted by Crippen LogP contribution is 2.32. The molecule has 0 aliphatic carbocycles. The second-order valence-corrected chi connectivity index (χ2v) is 7.26. The predicted octanol–water partition coefficient (Wildman–Crippen LogP) is 5.72. The van der Waals surface area contributed by atoms with Crippen molar-refractivity contribution in [2.75, 3.05) is 13.1 Å². The Kier molecular flexibility index (Phi) is 5.14. The highest BCUT2D eigenvalue weighted by molar-refractivity contribution is 5.86. The fourth-order valence-electron chi connectivity index (χ4n) is 3.69. The second-order valence-electron chi connectivity index (χ2n) is 7.26. The molecule has 5 heteroatoms. The lowest BCUT2D eigenvalue weighted by Gasteiger charge is -2.27. The van der Waals surface area contributed by atoms with Crippen molar-refractivity contribution >= 4 is 22.3 Å². The van der Waals surface area contributed by atoms with E-state index in [-0.39, 0.29) is 5.91 Å². The van der Waals surface area contributed by atoms with Crippen LogP contribution in [0.5, 0.6) is 0 Å². The lowest BCUT2D eigenvalue weighted by molar-refractivity contribution is -0.137. The number of amides is 1. The number of rotatable bonds is 3. The summed E-state index contributed by atoms with van der Waals surface area (Å²) in [6, 6.07) is 19.4. The smallest absolute Gasteiger partial charge is 0.338 e. The van der Waals surface area contributed by atoms with E-state index in [1.807, 2.05) is 48.5 Å². The molecule has 0 unspecified atom stereocenters. The molecule has 0 spiro atoms. The van der Waals surface area contributed by atoms with Gasteiger partial charge >= 0.3 is 6.18 Å². The van der Waals surface area contributed by atoms with Crippen molar-refractivity contribution in [3.8, 4) is 0 Å². The van der Waals surface area contributed by atoms with Crippen LogP contribution in [0.4, 0.5) is 13.2 Å². The Bertz CT molecular complexity index is 1080. The normalized spacial score (nSPS) is 14.7. The summed E-state index contributed by atoms with van der Waals surface area (Å²) >= 11 is 0. The Labute approximate surface area is 167 Å². The average molecular weight is 395 g/mol. The molecule has 3 aromatic carbocycles. The summed E-state index contributed by atoms with van der Waals surface area (Å²) in [6.07, 6.45) is -1.63. The molecule has 3 aromatic rings. The van der Waals surface area contributed by atoms with Gasteiger partial charge in [-0.15, -0.1) is 0 Å². The minimum absolute atomic E-state index is 0.0274. The first-order valence-corrected chi connectivity index (χ1v) is 9.52. The van der Waals surface area contributed by atoms with Gasteiger partial charge in [0.05, 0.1) is 12.0 Å². The van der Waals surface area contributed by atoms with Gasteiger partial charge in [0.25, 0.3) is 0 Å². The third-order valence-electron chi connectivity index (χ3n) is 5.29. The number of fused-ring (bicyclic) bond motifs is 1. The van der Waals surface area contributed by atoms with Gasteiger partial charge in [-0.25, -0.2) is 0 Å². The van der Waals surface area contributed by atoms with Crippen LogP contribution in [-0.4, -0.2) is 23.9 Å². The van der Waals surface area contributed by atoms with E-state index in [1.165, 1.54) is 12.1 Å². The highest BCUT2D eigenvalue weighted by Gasteiger charge is 2.30. The molecule has 0 radical (unpaired) electrons. The summed E-state index contributed by atoms with van der Waals surface area (Å²) in [5.41, 5.74) is 1.74. The zero-order valence-electron chi connectivity index (χ0n) is 15.7. The largest absolute Gasteiger partial charge is 0.416 e. The molecule has 1 amide bonds. The van der Waals surface area contributed by atoms with Crippen molar-refractivity contribution in [2.24, 2.45) is 0 Å². The third-order valence-corrected chi connectivity index (χ3v) is 5.29. The van der Waals surface area contributed by atoms with Crippen LogP contribution in [0.15, 0.2) is 72.8 Å². The predicted molar refractivity (Wildman–Crippen MR) is 108 cm³/mol.